The van der Waals surface area contributed by atoms with Gasteiger partial charge >= 0.3 is 0 Å². The number of hydrogen-bond acceptors (Lipinski definition) is 6. The fourth-order valence-corrected chi connectivity index (χ4v) is 3.67. The van der Waals surface area contributed by atoms with Gasteiger partial charge in [-0.1, -0.05) is 13.8 Å². The van der Waals surface area contributed by atoms with Gasteiger partial charge in [0.2, 0.25) is 11.9 Å². The largest absolute Gasteiger partial charge is 0.392 e. The predicted octanol–water partition coefficient (Wildman–Crippen LogP) is 0.285. The van der Waals surface area contributed by atoms with Gasteiger partial charge in [-0.15, -0.1) is 0 Å². The monoisotopic (exact) mass is 347 g/mol. The summed E-state index contributed by atoms with van der Waals surface area (Å²) in [4.78, 5) is 35.2. The highest BCUT2D eigenvalue weighted by molar-refractivity contribution is 5.94. The van der Waals surface area contributed by atoms with Crippen molar-refractivity contribution in [1.82, 2.24) is 20.2 Å². The van der Waals surface area contributed by atoms with Gasteiger partial charge in [0.15, 0.2) is 0 Å². The fourth-order valence-electron chi connectivity index (χ4n) is 3.67. The van der Waals surface area contributed by atoms with Gasteiger partial charge in [0.1, 0.15) is 5.69 Å². The van der Waals surface area contributed by atoms with E-state index in [1.54, 1.807) is 11.0 Å². The molecule has 2 atom stereocenters. The zero-order valence-electron chi connectivity index (χ0n) is 14.7. The minimum absolute atomic E-state index is 0.0664. The van der Waals surface area contributed by atoms with Crippen molar-refractivity contribution in [1.29, 1.82) is 0 Å². The summed E-state index contributed by atoms with van der Waals surface area (Å²) in [6, 6.07) is 1.65. The van der Waals surface area contributed by atoms with Crippen molar-refractivity contribution >= 4 is 17.8 Å². The van der Waals surface area contributed by atoms with E-state index in [1.807, 2.05) is 13.8 Å². The molecule has 0 aromatic carbocycles. The van der Waals surface area contributed by atoms with E-state index >= 15 is 0 Å². The number of carbonyl (C=O) groups is 2. The quantitative estimate of drug-likeness (QED) is 0.707. The van der Waals surface area contributed by atoms with Gasteiger partial charge in [-0.2, -0.15) is 0 Å². The van der Waals surface area contributed by atoms with Crippen LogP contribution < -0.4 is 11.1 Å². The molecule has 2 fully saturated rings. The Labute approximate surface area is 146 Å². The summed E-state index contributed by atoms with van der Waals surface area (Å²) < 4.78 is 0. The number of likely N-dealkylation sites (tertiary alicyclic amines) is 1. The Morgan fingerprint density at radius 1 is 1.48 bits per heavy atom. The number of aromatic nitrogens is 2. The molecular weight excluding hydrogens is 322 g/mol. The second kappa shape index (κ2) is 6.59. The smallest absolute Gasteiger partial charge is 0.272 e. The highest BCUT2D eigenvalue weighted by atomic mass is 16.3. The Kier molecular flexibility index (Phi) is 4.64. The first-order valence-corrected chi connectivity index (χ1v) is 8.73. The van der Waals surface area contributed by atoms with E-state index in [0.717, 1.165) is 6.42 Å². The summed E-state index contributed by atoms with van der Waals surface area (Å²) >= 11 is 0. The van der Waals surface area contributed by atoms with Gasteiger partial charge in [0.25, 0.3) is 5.91 Å². The zero-order chi connectivity index (χ0) is 18.2. The van der Waals surface area contributed by atoms with E-state index in [2.05, 4.69) is 15.3 Å². The van der Waals surface area contributed by atoms with Gasteiger partial charge in [-0.05, 0) is 31.2 Å². The van der Waals surface area contributed by atoms with Gasteiger partial charge < -0.3 is 21.1 Å². The lowest BCUT2D eigenvalue weighted by Gasteiger charge is -2.46. The summed E-state index contributed by atoms with van der Waals surface area (Å²) in [5, 5.41) is 13.3. The van der Waals surface area contributed by atoms with Crippen molar-refractivity contribution in [2.75, 3.05) is 25.4 Å². The molecule has 3 rings (SSSR count). The predicted molar refractivity (Wildman–Crippen MR) is 91.7 cm³/mol. The molecule has 2 aliphatic rings. The SMILES string of the molecule is CC(C)c1cc(C(=O)N2CC[C@H](O)[C@@]3(CCCNC3=O)C2)nc(N)n1. The maximum atomic E-state index is 12.9. The van der Waals surface area contributed by atoms with Crippen LogP contribution in [0.25, 0.3) is 0 Å². The number of nitrogen functional groups attached to an aromatic ring is 1. The highest BCUT2D eigenvalue weighted by Gasteiger charge is 2.50. The Bertz CT molecular complexity index is 693. The molecule has 1 spiro atoms. The van der Waals surface area contributed by atoms with E-state index in [9.17, 15) is 14.7 Å². The second-order valence-electron chi connectivity index (χ2n) is 7.24. The van der Waals surface area contributed by atoms with Crippen LogP contribution in [0, 0.1) is 5.41 Å². The number of rotatable bonds is 2. The molecule has 25 heavy (non-hydrogen) atoms. The van der Waals surface area contributed by atoms with E-state index in [4.69, 9.17) is 5.73 Å². The number of carbonyl (C=O) groups excluding carboxylic acids is 2. The zero-order valence-corrected chi connectivity index (χ0v) is 14.7. The molecule has 2 saturated heterocycles. The Hall–Kier alpha value is -2.22. The molecule has 4 N–H and O–H groups in total. The first kappa shape index (κ1) is 17.6. The standard InChI is InChI=1S/C17H25N5O3/c1-10(2)11-8-12(21-16(18)20-11)14(24)22-7-4-13(23)17(9-22)5-3-6-19-15(17)25/h8,10,13,23H,3-7,9H2,1-2H3,(H,19,25)(H2,18,20,21)/t13-,17+/m0/s1. The molecule has 8 nitrogen and oxygen atoms in total. The summed E-state index contributed by atoms with van der Waals surface area (Å²) in [5.74, 6) is -0.262. The summed E-state index contributed by atoms with van der Waals surface area (Å²) in [7, 11) is 0. The van der Waals surface area contributed by atoms with Crippen LogP contribution in [0.2, 0.25) is 0 Å². The van der Waals surface area contributed by atoms with Gasteiger partial charge in [-0.25, -0.2) is 9.97 Å². The van der Waals surface area contributed by atoms with E-state index in [-0.39, 0.29) is 35.9 Å². The topological polar surface area (TPSA) is 121 Å². The number of anilines is 1. The van der Waals surface area contributed by atoms with Crippen LogP contribution in [0.5, 0.6) is 0 Å². The van der Waals surface area contributed by atoms with Gasteiger partial charge in [-0.3, -0.25) is 9.59 Å². The van der Waals surface area contributed by atoms with E-state index in [1.165, 1.54) is 0 Å². The number of hydrogen-bond donors (Lipinski definition) is 3. The van der Waals surface area contributed by atoms with Crippen molar-refractivity contribution in [3.05, 3.63) is 17.5 Å². The first-order valence-electron chi connectivity index (χ1n) is 8.73. The number of piperidine rings is 2. The molecule has 0 unspecified atom stereocenters. The first-order chi connectivity index (χ1) is 11.8. The van der Waals surface area contributed by atoms with Crippen molar-refractivity contribution in [2.24, 2.45) is 5.41 Å². The van der Waals surface area contributed by atoms with Crippen LogP contribution in [0.4, 0.5) is 5.95 Å². The molecule has 1 aromatic rings. The third-order valence-corrected chi connectivity index (χ3v) is 5.18. The lowest BCUT2D eigenvalue weighted by molar-refractivity contribution is -0.147. The minimum atomic E-state index is -0.925. The maximum Gasteiger partial charge on any atom is 0.272 e. The number of aliphatic hydroxyl groups is 1. The molecule has 3 heterocycles. The maximum absolute atomic E-state index is 12.9. The molecule has 2 amide bonds. The lowest BCUT2D eigenvalue weighted by atomic mass is 9.71. The van der Waals surface area contributed by atoms with E-state index in [0.29, 0.717) is 31.6 Å². The summed E-state index contributed by atoms with van der Waals surface area (Å²) in [5.41, 5.74) is 5.76. The molecule has 0 aliphatic carbocycles. The summed E-state index contributed by atoms with van der Waals surface area (Å²) in [6.07, 6.45) is 1.01. The third-order valence-electron chi connectivity index (χ3n) is 5.18. The number of aliphatic hydroxyl groups excluding tert-OH is 1. The number of nitrogens with one attached hydrogen (secondary N) is 1. The highest BCUT2D eigenvalue weighted by Crippen LogP contribution is 2.37. The molecule has 2 aliphatic heterocycles. The van der Waals surface area contributed by atoms with Crippen LogP contribution in [0.3, 0.4) is 0 Å². The fraction of sp³-hybridized carbons (Fsp3) is 0.647. The van der Waals surface area contributed by atoms with Crippen LogP contribution in [0.15, 0.2) is 6.07 Å². The number of nitrogens with zero attached hydrogens (tertiary/aromatic N) is 3. The molecule has 0 bridgehead atoms. The molecule has 8 heteroatoms. The Morgan fingerprint density at radius 2 is 2.24 bits per heavy atom. The van der Waals surface area contributed by atoms with Gasteiger partial charge in [0.05, 0.1) is 11.5 Å². The van der Waals surface area contributed by atoms with Crippen LogP contribution in [-0.2, 0) is 4.79 Å². The van der Waals surface area contributed by atoms with Crippen molar-refractivity contribution < 1.29 is 14.7 Å². The minimum Gasteiger partial charge on any atom is -0.392 e. The summed E-state index contributed by atoms with van der Waals surface area (Å²) in [6.45, 7) is 5.13. The number of amides is 2. The Morgan fingerprint density at radius 3 is 2.92 bits per heavy atom. The van der Waals surface area contributed by atoms with Crippen molar-refractivity contribution in [2.45, 2.75) is 45.1 Å². The van der Waals surface area contributed by atoms with Crippen LogP contribution in [-0.4, -0.2) is 57.5 Å². The molecule has 0 saturated carbocycles. The third kappa shape index (κ3) is 3.18. The van der Waals surface area contributed by atoms with Crippen LogP contribution >= 0.6 is 0 Å². The molecular formula is C17H25N5O3. The average molecular weight is 347 g/mol. The van der Waals surface area contributed by atoms with Crippen molar-refractivity contribution in [3.8, 4) is 0 Å². The van der Waals surface area contributed by atoms with E-state index < -0.39 is 11.5 Å². The Balaban J connectivity index is 1.87. The average Bonchev–Trinajstić information content (AvgIpc) is 2.58. The second-order valence-corrected chi connectivity index (χ2v) is 7.24. The van der Waals surface area contributed by atoms with Crippen molar-refractivity contribution in [3.63, 3.8) is 0 Å². The lowest BCUT2D eigenvalue weighted by Crippen LogP contribution is -2.62. The normalized spacial score (nSPS) is 26.8. The van der Waals surface area contributed by atoms with Crippen LogP contribution in [0.1, 0.15) is 55.2 Å². The molecule has 0 radical (unpaired) electrons. The molecule has 136 valence electrons. The van der Waals surface area contributed by atoms with Gasteiger partial charge in [0, 0.05) is 25.3 Å². The molecule has 1 aromatic heterocycles. The number of nitrogens with two attached hydrogens (primary N) is 1.